The van der Waals surface area contributed by atoms with Crippen molar-refractivity contribution in [3.05, 3.63) is 46.7 Å². The van der Waals surface area contributed by atoms with E-state index in [0.29, 0.717) is 6.42 Å². The first-order valence-electron chi connectivity index (χ1n) is 8.61. The molecule has 1 aromatic carbocycles. The van der Waals surface area contributed by atoms with Gasteiger partial charge in [-0.1, -0.05) is 30.5 Å². The fraction of sp³-hybridized carbons (Fsp3) is 0.550. The third-order valence-electron chi connectivity index (χ3n) is 5.98. The summed E-state index contributed by atoms with van der Waals surface area (Å²) in [6.45, 7) is 6.18. The molecule has 1 spiro atoms. The molecule has 122 valence electrons. The highest BCUT2D eigenvalue weighted by molar-refractivity contribution is 6.04. The second-order valence-electron chi connectivity index (χ2n) is 7.47. The van der Waals surface area contributed by atoms with Crippen LogP contribution in [0.4, 0.5) is 0 Å². The van der Waals surface area contributed by atoms with Crippen LogP contribution in [-0.4, -0.2) is 17.7 Å². The summed E-state index contributed by atoms with van der Waals surface area (Å²) in [7, 11) is 0. The molecule has 1 aromatic rings. The van der Waals surface area contributed by atoms with Gasteiger partial charge < -0.3 is 9.47 Å². The van der Waals surface area contributed by atoms with Gasteiger partial charge in [-0.3, -0.25) is 4.79 Å². The van der Waals surface area contributed by atoms with E-state index in [1.807, 2.05) is 19.9 Å². The van der Waals surface area contributed by atoms with Crippen LogP contribution < -0.4 is 0 Å². The molecule has 3 heteroatoms. The Labute approximate surface area is 137 Å². The molecular formula is C20H24O3. The smallest absolute Gasteiger partial charge is 0.201 e. The second-order valence-corrected chi connectivity index (χ2v) is 7.47. The van der Waals surface area contributed by atoms with Gasteiger partial charge in [0.2, 0.25) is 6.29 Å². The number of ether oxygens (including phenoxy) is 2. The van der Waals surface area contributed by atoms with Gasteiger partial charge in [-0.25, -0.2) is 0 Å². The second kappa shape index (κ2) is 4.94. The molecule has 3 atom stereocenters. The molecule has 2 heterocycles. The number of Topliss-reactive ketones (excluding diaryl/α,β-unsaturated/α-hetero) is 1. The summed E-state index contributed by atoms with van der Waals surface area (Å²) < 4.78 is 11.8. The van der Waals surface area contributed by atoms with Gasteiger partial charge in [-0.2, -0.15) is 0 Å². The monoisotopic (exact) mass is 312 g/mol. The minimum atomic E-state index is -0.465. The normalized spacial score (nSPS) is 34.8. The molecule has 0 aromatic heterocycles. The van der Waals surface area contributed by atoms with Gasteiger partial charge >= 0.3 is 0 Å². The van der Waals surface area contributed by atoms with Gasteiger partial charge in [0.05, 0.1) is 11.7 Å². The van der Waals surface area contributed by atoms with Crippen LogP contribution in [0.2, 0.25) is 0 Å². The van der Waals surface area contributed by atoms with Gasteiger partial charge in [-0.15, -0.1) is 0 Å². The number of fused-ring (bicyclic) bond motifs is 1. The van der Waals surface area contributed by atoms with Crippen LogP contribution in [0.1, 0.15) is 59.2 Å². The van der Waals surface area contributed by atoms with Gasteiger partial charge in [0.25, 0.3) is 0 Å². The Morgan fingerprint density at radius 1 is 1.13 bits per heavy atom. The number of carbonyl (C=O) groups is 1. The van der Waals surface area contributed by atoms with Crippen LogP contribution in [0.5, 0.6) is 0 Å². The highest BCUT2D eigenvalue weighted by Gasteiger charge is 2.65. The van der Waals surface area contributed by atoms with Crippen molar-refractivity contribution in [1.82, 2.24) is 0 Å². The van der Waals surface area contributed by atoms with Crippen molar-refractivity contribution in [2.24, 2.45) is 5.41 Å². The van der Waals surface area contributed by atoms with Crippen molar-refractivity contribution in [1.29, 1.82) is 0 Å². The first-order chi connectivity index (χ1) is 11.0. The van der Waals surface area contributed by atoms with Crippen LogP contribution in [0, 0.1) is 26.2 Å². The van der Waals surface area contributed by atoms with E-state index < -0.39 is 11.0 Å². The molecule has 2 fully saturated rings. The van der Waals surface area contributed by atoms with Crippen molar-refractivity contribution in [3.8, 4) is 0 Å². The van der Waals surface area contributed by atoms with E-state index in [9.17, 15) is 4.79 Å². The summed E-state index contributed by atoms with van der Waals surface area (Å²) in [4.78, 5) is 13.7. The number of carbonyl (C=O) groups excluding carboxylic acids is 1. The maximum absolute atomic E-state index is 13.7. The highest BCUT2D eigenvalue weighted by atomic mass is 16.7. The maximum Gasteiger partial charge on any atom is 0.201 e. The molecule has 3 nitrogen and oxygen atoms in total. The van der Waals surface area contributed by atoms with Crippen LogP contribution in [0.15, 0.2) is 24.5 Å². The van der Waals surface area contributed by atoms with Gasteiger partial charge in [0.15, 0.2) is 5.78 Å². The molecule has 1 saturated carbocycles. The predicted octanol–water partition coefficient (Wildman–Crippen LogP) is 4.38. The minimum absolute atomic E-state index is 0.254. The lowest BCUT2D eigenvalue weighted by molar-refractivity contribution is -0.157. The van der Waals surface area contributed by atoms with Crippen molar-refractivity contribution < 1.29 is 14.3 Å². The third-order valence-corrected chi connectivity index (χ3v) is 5.98. The van der Waals surface area contributed by atoms with Crippen molar-refractivity contribution in [2.45, 2.75) is 64.8 Å². The van der Waals surface area contributed by atoms with Crippen molar-refractivity contribution in [3.63, 3.8) is 0 Å². The average Bonchev–Trinajstić information content (AvgIpc) is 2.72. The maximum atomic E-state index is 13.7. The fourth-order valence-electron chi connectivity index (χ4n) is 5.04. The summed E-state index contributed by atoms with van der Waals surface area (Å²) in [5.74, 6) is 0.254. The van der Waals surface area contributed by atoms with Crippen LogP contribution in [-0.2, 0) is 9.47 Å². The predicted molar refractivity (Wildman–Crippen MR) is 88.3 cm³/mol. The third kappa shape index (κ3) is 1.96. The van der Waals surface area contributed by atoms with E-state index in [4.69, 9.17) is 9.47 Å². The Hall–Kier alpha value is -1.61. The first-order valence-corrected chi connectivity index (χ1v) is 8.61. The quantitative estimate of drug-likeness (QED) is 0.760. The summed E-state index contributed by atoms with van der Waals surface area (Å²) in [5.41, 5.74) is 3.32. The Kier molecular flexibility index (Phi) is 3.21. The molecule has 4 rings (SSSR count). The van der Waals surface area contributed by atoms with Crippen LogP contribution >= 0.6 is 0 Å². The average molecular weight is 312 g/mol. The van der Waals surface area contributed by atoms with E-state index in [2.05, 4.69) is 19.1 Å². The molecule has 0 radical (unpaired) electrons. The first kappa shape index (κ1) is 14.9. The summed E-state index contributed by atoms with van der Waals surface area (Å²) >= 11 is 0. The number of ketones is 1. The van der Waals surface area contributed by atoms with Gasteiger partial charge in [0, 0.05) is 12.0 Å². The molecule has 1 aliphatic carbocycles. The molecule has 23 heavy (non-hydrogen) atoms. The van der Waals surface area contributed by atoms with E-state index in [-0.39, 0.29) is 12.1 Å². The molecule has 2 aliphatic heterocycles. The SMILES string of the molecule is Cc1cc(C)c(C(=O)[C@@]23CCCC[C@@]24C=CO[C@@H](C3)O4)c(C)c1. The molecule has 0 unspecified atom stereocenters. The highest BCUT2D eigenvalue weighted by Crippen LogP contribution is 2.59. The Morgan fingerprint density at radius 2 is 1.83 bits per heavy atom. The van der Waals surface area contributed by atoms with Crippen LogP contribution in [0.3, 0.4) is 0 Å². The molecule has 0 amide bonds. The summed E-state index contributed by atoms with van der Waals surface area (Å²) in [6, 6.07) is 4.22. The zero-order valence-electron chi connectivity index (χ0n) is 14.1. The molecular weight excluding hydrogens is 288 g/mol. The van der Waals surface area contributed by atoms with Crippen molar-refractivity contribution in [2.75, 3.05) is 0 Å². The Morgan fingerprint density at radius 3 is 2.57 bits per heavy atom. The fourth-order valence-corrected chi connectivity index (χ4v) is 5.04. The number of benzene rings is 1. The lowest BCUT2D eigenvalue weighted by atomic mass is 9.59. The van der Waals surface area contributed by atoms with Crippen LogP contribution in [0.25, 0.3) is 0 Å². The summed E-state index contributed by atoms with van der Waals surface area (Å²) in [6.07, 6.45) is 8.16. The largest absolute Gasteiger partial charge is 0.473 e. The molecule has 0 N–H and O–H groups in total. The minimum Gasteiger partial charge on any atom is -0.473 e. The number of rotatable bonds is 2. The topological polar surface area (TPSA) is 35.5 Å². The van der Waals surface area contributed by atoms with Gasteiger partial charge in [-0.05, 0) is 50.8 Å². The molecule has 2 bridgehead atoms. The standard InChI is InChI=1S/C20H24O3/c1-13-10-14(2)17(15(3)11-13)18(21)19-6-4-5-7-20(19)8-9-22-16(12-19)23-20/h8-11,16H,4-7,12H2,1-3H3/t16-,19+,20-/m1/s1. The zero-order chi connectivity index (χ0) is 16.2. The summed E-state index contributed by atoms with van der Waals surface area (Å²) in [5, 5.41) is 0. The zero-order valence-corrected chi connectivity index (χ0v) is 14.1. The van der Waals surface area contributed by atoms with E-state index in [1.165, 1.54) is 5.56 Å². The number of hydrogen-bond acceptors (Lipinski definition) is 3. The number of aryl methyl sites for hydroxylation is 3. The van der Waals surface area contributed by atoms with E-state index in [1.54, 1.807) is 6.26 Å². The van der Waals surface area contributed by atoms with Crippen molar-refractivity contribution >= 4 is 5.78 Å². The molecule has 3 aliphatic rings. The lowest BCUT2D eigenvalue weighted by Gasteiger charge is -2.45. The Bertz CT molecular complexity index is 682. The van der Waals surface area contributed by atoms with E-state index in [0.717, 1.165) is 42.4 Å². The van der Waals surface area contributed by atoms with E-state index >= 15 is 0 Å². The lowest BCUT2D eigenvalue weighted by Crippen LogP contribution is -2.51. The van der Waals surface area contributed by atoms with Gasteiger partial charge in [0.1, 0.15) is 5.60 Å². The Balaban J connectivity index is 1.85. The molecule has 1 saturated heterocycles. The number of hydrogen-bond donors (Lipinski definition) is 0.